The fourth-order valence-electron chi connectivity index (χ4n) is 3.22. The van der Waals surface area contributed by atoms with Crippen molar-refractivity contribution in [1.82, 2.24) is 10.2 Å². The average Bonchev–Trinajstić information content (AvgIpc) is 3.36. The van der Waals surface area contributed by atoms with Crippen molar-refractivity contribution < 1.29 is 9.59 Å². The van der Waals surface area contributed by atoms with Crippen LogP contribution in [0.5, 0.6) is 0 Å². The van der Waals surface area contributed by atoms with Gasteiger partial charge in [-0.1, -0.05) is 19.1 Å². The zero-order chi connectivity index (χ0) is 18.4. The van der Waals surface area contributed by atoms with E-state index in [0.29, 0.717) is 24.2 Å². The van der Waals surface area contributed by atoms with Gasteiger partial charge in [0.15, 0.2) is 0 Å². The van der Waals surface area contributed by atoms with Crippen LogP contribution in [-0.4, -0.2) is 36.3 Å². The lowest BCUT2D eigenvalue weighted by molar-refractivity contribution is -0.115. The summed E-state index contributed by atoms with van der Waals surface area (Å²) in [6, 6.07) is 11.5. The third-order valence-corrected chi connectivity index (χ3v) is 5.61. The molecule has 26 heavy (non-hydrogen) atoms. The maximum absolute atomic E-state index is 12.6. The van der Waals surface area contributed by atoms with Crippen LogP contribution >= 0.6 is 11.3 Å². The fourth-order valence-corrected chi connectivity index (χ4v) is 4.08. The number of nitrogens with one attached hydrogen (secondary N) is 2. The van der Waals surface area contributed by atoms with Crippen molar-refractivity contribution in [3.63, 3.8) is 0 Å². The second kappa shape index (κ2) is 8.96. The van der Waals surface area contributed by atoms with Crippen molar-refractivity contribution in [3.05, 3.63) is 52.2 Å². The Kier molecular flexibility index (Phi) is 6.41. The number of anilines is 1. The quantitative estimate of drug-likeness (QED) is 0.781. The molecule has 2 N–H and O–H groups in total. The van der Waals surface area contributed by atoms with Crippen LogP contribution in [0.4, 0.5) is 5.69 Å². The Hall–Kier alpha value is -2.18. The molecule has 1 unspecified atom stereocenters. The number of rotatable bonds is 7. The van der Waals surface area contributed by atoms with Gasteiger partial charge in [-0.25, -0.2) is 0 Å². The lowest BCUT2D eigenvalue weighted by atomic mass is 10.1. The SMILES string of the molecule is CCC(=O)Nc1cccc(C(=O)NCC(c2cccs2)N2CCCC2)c1. The first-order chi connectivity index (χ1) is 12.7. The van der Waals surface area contributed by atoms with Crippen molar-refractivity contribution in [1.29, 1.82) is 0 Å². The van der Waals surface area contributed by atoms with Crippen LogP contribution in [0.3, 0.4) is 0 Å². The average molecular weight is 372 g/mol. The molecular weight excluding hydrogens is 346 g/mol. The Morgan fingerprint density at radius 3 is 2.69 bits per heavy atom. The van der Waals surface area contributed by atoms with E-state index in [9.17, 15) is 9.59 Å². The minimum Gasteiger partial charge on any atom is -0.350 e. The largest absolute Gasteiger partial charge is 0.350 e. The molecule has 2 amide bonds. The number of hydrogen-bond donors (Lipinski definition) is 2. The van der Waals surface area contributed by atoms with Crippen LogP contribution in [0, 0.1) is 0 Å². The maximum Gasteiger partial charge on any atom is 0.251 e. The van der Waals surface area contributed by atoms with E-state index in [1.165, 1.54) is 17.7 Å². The van der Waals surface area contributed by atoms with Crippen LogP contribution in [0.2, 0.25) is 0 Å². The van der Waals surface area contributed by atoms with Crippen molar-refractivity contribution in [3.8, 4) is 0 Å². The normalized spacial score (nSPS) is 15.6. The molecule has 2 aromatic rings. The van der Waals surface area contributed by atoms with Crippen LogP contribution < -0.4 is 10.6 Å². The lowest BCUT2D eigenvalue weighted by Gasteiger charge is -2.27. The Morgan fingerprint density at radius 2 is 2.00 bits per heavy atom. The van der Waals surface area contributed by atoms with E-state index in [-0.39, 0.29) is 17.9 Å². The summed E-state index contributed by atoms with van der Waals surface area (Å²) in [5, 5.41) is 7.95. The van der Waals surface area contributed by atoms with Gasteiger partial charge in [-0.2, -0.15) is 0 Å². The van der Waals surface area contributed by atoms with E-state index < -0.39 is 0 Å². The molecule has 1 aliphatic rings. The Balaban J connectivity index is 1.65. The molecule has 138 valence electrons. The summed E-state index contributed by atoms with van der Waals surface area (Å²) in [4.78, 5) is 27.9. The third kappa shape index (κ3) is 4.71. The highest BCUT2D eigenvalue weighted by Gasteiger charge is 2.24. The molecule has 2 heterocycles. The number of thiophene rings is 1. The molecule has 1 aromatic heterocycles. The number of benzene rings is 1. The molecule has 0 spiro atoms. The first-order valence-electron chi connectivity index (χ1n) is 9.13. The smallest absolute Gasteiger partial charge is 0.251 e. The van der Waals surface area contributed by atoms with E-state index in [4.69, 9.17) is 0 Å². The zero-order valence-corrected chi connectivity index (χ0v) is 15.8. The maximum atomic E-state index is 12.6. The number of carbonyl (C=O) groups excluding carboxylic acids is 2. The van der Waals surface area contributed by atoms with Gasteiger partial charge in [0.1, 0.15) is 0 Å². The molecule has 0 aliphatic carbocycles. The van der Waals surface area contributed by atoms with E-state index >= 15 is 0 Å². The molecule has 1 aliphatic heterocycles. The van der Waals surface area contributed by atoms with Gasteiger partial charge in [0.05, 0.1) is 6.04 Å². The molecule has 1 atom stereocenters. The summed E-state index contributed by atoms with van der Waals surface area (Å²) in [6.07, 6.45) is 2.85. The monoisotopic (exact) mass is 371 g/mol. The Bertz CT molecular complexity index is 739. The fraction of sp³-hybridized carbons (Fsp3) is 0.400. The van der Waals surface area contributed by atoms with Crippen molar-refractivity contribution in [2.45, 2.75) is 32.2 Å². The summed E-state index contributed by atoms with van der Waals surface area (Å²) < 4.78 is 0. The number of carbonyl (C=O) groups is 2. The molecular formula is C20H25N3O2S. The standard InChI is InChI=1S/C20H25N3O2S/c1-2-19(24)22-16-8-5-7-15(13-16)20(25)21-14-17(18-9-6-12-26-18)23-10-3-4-11-23/h5-9,12-13,17H,2-4,10-11,14H2,1H3,(H,21,25)(H,22,24). The van der Waals surface area contributed by atoms with Crippen LogP contribution in [-0.2, 0) is 4.79 Å². The van der Waals surface area contributed by atoms with Gasteiger partial charge in [0.25, 0.3) is 5.91 Å². The zero-order valence-electron chi connectivity index (χ0n) is 15.0. The summed E-state index contributed by atoms with van der Waals surface area (Å²) in [6.45, 7) is 4.55. The number of likely N-dealkylation sites (tertiary alicyclic amines) is 1. The first kappa shape index (κ1) is 18.6. The second-order valence-electron chi connectivity index (χ2n) is 6.47. The van der Waals surface area contributed by atoms with Crippen LogP contribution in [0.15, 0.2) is 41.8 Å². The van der Waals surface area contributed by atoms with Crippen molar-refractivity contribution in [2.24, 2.45) is 0 Å². The van der Waals surface area contributed by atoms with Gasteiger partial charge in [0, 0.05) is 29.1 Å². The predicted octanol–water partition coefficient (Wildman–Crippen LogP) is 3.66. The molecule has 0 saturated carbocycles. The molecule has 0 bridgehead atoms. The Labute approximate surface area is 158 Å². The highest BCUT2D eigenvalue weighted by atomic mass is 32.1. The molecule has 0 radical (unpaired) electrons. The van der Waals surface area contributed by atoms with Gasteiger partial charge in [-0.15, -0.1) is 11.3 Å². The molecule has 1 fully saturated rings. The first-order valence-corrected chi connectivity index (χ1v) is 10.0. The molecule has 5 nitrogen and oxygen atoms in total. The van der Waals surface area contributed by atoms with Gasteiger partial charge in [-0.05, 0) is 55.6 Å². The minimum atomic E-state index is -0.113. The number of amides is 2. The van der Waals surface area contributed by atoms with Crippen molar-refractivity contribution >= 4 is 28.8 Å². The minimum absolute atomic E-state index is 0.0608. The van der Waals surface area contributed by atoms with Gasteiger partial charge >= 0.3 is 0 Å². The number of nitrogens with zero attached hydrogens (tertiary/aromatic N) is 1. The van der Waals surface area contributed by atoms with Gasteiger partial charge in [-0.3, -0.25) is 14.5 Å². The van der Waals surface area contributed by atoms with Crippen LogP contribution in [0.1, 0.15) is 47.5 Å². The van der Waals surface area contributed by atoms with E-state index in [1.54, 1.807) is 42.5 Å². The molecule has 1 saturated heterocycles. The van der Waals surface area contributed by atoms with Crippen LogP contribution in [0.25, 0.3) is 0 Å². The number of hydrogen-bond acceptors (Lipinski definition) is 4. The predicted molar refractivity (Wildman–Crippen MR) is 106 cm³/mol. The van der Waals surface area contributed by atoms with Gasteiger partial charge in [0.2, 0.25) is 5.91 Å². The van der Waals surface area contributed by atoms with E-state index in [2.05, 4.69) is 33.0 Å². The van der Waals surface area contributed by atoms with E-state index in [0.717, 1.165) is 13.1 Å². The molecule has 1 aromatic carbocycles. The second-order valence-corrected chi connectivity index (χ2v) is 7.45. The molecule has 3 rings (SSSR count). The summed E-state index contributed by atoms with van der Waals surface area (Å²) in [7, 11) is 0. The van der Waals surface area contributed by atoms with Gasteiger partial charge < -0.3 is 10.6 Å². The topological polar surface area (TPSA) is 61.4 Å². The highest BCUT2D eigenvalue weighted by molar-refractivity contribution is 7.10. The molecule has 6 heteroatoms. The summed E-state index contributed by atoms with van der Waals surface area (Å²) >= 11 is 1.74. The Morgan fingerprint density at radius 1 is 1.19 bits per heavy atom. The van der Waals surface area contributed by atoms with Crippen molar-refractivity contribution in [2.75, 3.05) is 25.0 Å². The summed E-state index contributed by atoms with van der Waals surface area (Å²) in [5.74, 6) is -0.173. The highest BCUT2D eigenvalue weighted by Crippen LogP contribution is 2.28. The lowest BCUT2D eigenvalue weighted by Crippen LogP contribution is -2.36. The third-order valence-electron chi connectivity index (χ3n) is 4.64. The summed E-state index contributed by atoms with van der Waals surface area (Å²) in [5.41, 5.74) is 1.21. The van der Waals surface area contributed by atoms with E-state index in [1.807, 2.05) is 0 Å².